The van der Waals surface area contributed by atoms with Crippen molar-refractivity contribution in [1.82, 2.24) is 24.9 Å². The van der Waals surface area contributed by atoms with Crippen LogP contribution in [-0.2, 0) is 20.0 Å². The molecule has 0 aromatic carbocycles. The van der Waals surface area contributed by atoms with Crippen molar-refractivity contribution in [1.29, 1.82) is 0 Å². The van der Waals surface area contributed by atoms with Crippen LogP contribution < -0.4 is 10.1 Å². The molecular formula is C18H33N5O3. The molecule has 148 valence electrons. The van der Waals surface area contributed by atoms with Gasteiger partial charge in [-0.3, -0.25) is 4.90 Å². The Labute approximate surface area is 156 Å². The predicted molar refractivity (Wildman–Crippen MR) is 100 cm³/mol. The quantitative estimate of drug-likeness (QED) is 0.783. The molecule has 1 aromatic rings. The maximum atomic E-state index is 12.7. The molecule has 8 nitrogen and oxygen atoms in total. The Morgan fingerprint density at radius 1 is 1.42 bits per heavy atom. The molecule has 0 spiro atoms. The van der Waals surface area contributed by atoms with Crippen LogP contribution in [0.2, 0.25) is 0 Å². The Morgan fingerprint density at radius 2 is 2.12 bits per heavy atom. The highest BCUT2D eigenvalue weighted by Gasteiger charge is 2.30. The van der Waals surface area contributed by atoms with E-state index in [-0.39, 0.29) is 12.1 Å². The van der Waals surface area contributed by atoms with Crippen molar-refractivity contribution in [2.45, 2.75) is 52.3 Å². The first-order valence-corrected chi connectivity index (χ1v) is 9.24. The second-order valence-electron chi connectivity index (χ2n) is 7.66. The molecule has 26 heavy (non-hydrogen) atoms. The molecule has 2 amide bonds. The molecule has 1 saturated heterocycles. The van der Waals surface area contributed by atoms with Gasteiger partial charge in [0.25, 0.3) is 0 Å². The van der Waals surface area contributed by atoms with Gasteiger partial charge < -0.3 is 20.1 Å². The van der Waals surface area contributed by atoms with Gasteiger partial charge >= 0.3 is 6.03 Å². The summed E-state index contributed by atoms with van der Waals surface area (Å²) in [7, 11) is 3.46. The van der Waals surface area contributed by atoms with Gasteiger partial charge in [-0.15, -0.1) is 0 Å². The van der Waals surface area contributed by atoms with Crippen LogP contribution in [0.1, 0.15) is 39.0 Å². The summed E-state index contributed by atoms with van der Waals surface area (Å²) in [4.78, 5) is 16.7. The first-order valence-electron chi connectivity index (χ1n) is 9.24. The van der Waals surface area contributed by atoms with Crippen molar-refractivity contribution < 1.29 is 14.6 Å². The van der Waals surface area contributed by atoms with Gasteiger partial charge in [0.2, 0.25) is 5.88 Å². The predicted octanol–water partition coefficient (Wildman–Crippen LogP) is 0.978. The Morgan fingerprint density at radius 3 is 2.65 bits per heavy atom. The maximum Gasteiger partial charge on any atom is 0.317 e. The van der Waals surface area contributed by atoms with Crippen LogP contribution in [0, 0.1) is 0 Å². The number of amides is 2. The average molecular weight is 367 g/mol. The molecule has 2 heterocycles. The van der Waals surface area contributed by atoms with Gasteiger partial charge in [0.15, 0.2) is 0 Å². The summed E-state index contributed by atoms with van der Waals surface area (Å²) in [5.41, 5.74) is 1.14. The number of nitrogens with zero attached hydrogens (tertiary/aromatic N) is 4. The third-order valence-electron chi connectivity index (χ3n) is 4.70. The van der Waals surface area contributed by atoms with Gasteiger partial charge in [-0.05, 0) is 27.2 Å². The number of aromatic nitrogens is 2. The van der Waals surface area contributed by atoms with Gasteiger partial charge in [-0.2, -0.15) is 5.10 Å². The largest absolute Gasteiger partial charge is 0.481 e. The van der Waals surface area contributed by atoms with E-state index in [2.05, 4.69) is 15.3 Å². The third kappa shape index (κ3) is 4.88. The maximum absolute atomic E-state index is 12.7. The van der Waals surface area contributed by atoms with E-state index in [9.17, 15) is 9.90 Å². The summed E-state index contributed by atoms with van der Waals surface area (Å²) in [5, 5.41) is 17.4. The number of carbonyl (C=O) groups excluding carboxylic acids is 1. The fourth-order valence-electron chi connectivity index (χ4n) is 3.61. The number of aryl methyl sites for hydroxylation is 2. The molecular weight excluding hydrogens is 334 g/mol. The number of nitrogens with one attached hydrogen (secondary N) is 1. The minimum absolute atomic E-state index is 0.0756. The minimum atomic E-state index is -0.725. The van der Waals surface area contributed by atoms with Crippen LogP contribution in [-0.4, -0.2) is 75.6 Å². The van der Waals surface area contributed by atoms with E-state index < -0.39 is 5.60 Å². The highest BCUT2D eigenvalue weighted by Crippen LogP contribution is 2.22. The molecule has 1 fully saturated rings. The van der Waals surface area contributed by atoms with Gasteiger partial charge in [-0.1, -0.05) is 6.92 Å². The number of aliphatic hydroxyl groups is 1. The average Bonchev–Trinajstić information content (AvgIpc) is 2.86. The first kappa shape index (κ1) is 20.5. The number of hydrogen-bond acceptors (Lipinski definition) is 5. The van der Waals surface area contributed by atoms with E-state index in [1.807, 2.05) is 39.6 Å². The number of hydrogen-bond donors (Lipinski definition) is 2. The van der Waals surface area contributed by atoms with Crippen molar-refractivity contribution in [3.8, 4) is 5.88 Å². The van der Waals surface area contributed by atoms with Crippen LogP contribution >= 0.6 is 0 Å². The van der Waals surface area contributed by atoms with E-state index in [0.29, 0.717) is 25.5 Å². The van der Waals surface area contributed by atoms with Gasteiger partial charge in [0.05, 0.1) is 30.5 Å². The molecule has 2 rings (SSSR count). The highest BCUT2D eigenvalue weighted by molar-refractivity contribution is 5.74. The molecule has 2 N–H and O–H groups in total. The van der Waals surface area contributed by atoms with Crippen LogP contribution in [0.25, 0.3) is 0 Å². The topological polar surface area (TPSA) is 82.9 Å². The summed E-state index contributed by atoms with van der Waals surface area (Å²) < 4.78 is 7.13. The Balaban J connectivity index is 1.95. The van der Waals surface area contributed by atoms with Crippen LogP contribution in [0.4, 0.5) is 4.79 Å². The van der Waals surface area contributed by atoms with Crippen LogP contribution in [0.15, 0.2) is 0 Å². The SMILES string of the molecule is CCc1nn(C)c(OC)c1CNC(=O)N1CCN(CC(C)(C)O)CC1C. The smallest absolute Gasteiger partial charge is 0.317 e. The number of urea groups is 1. The van der Waals surface area contributed by atoms with Crippen LogP contribution in [0.5, 0.6) is 5.88 Å². The van der Waals surface area contributed by atoms with Crippen molar-refractivity contribution >= 4 is 6.03 Å². The lowest BCUT2D eigenvalue weighted by molar-refractivity contribution is 0.0119. The second kappa shape index (κ2) is 8.26. The molecule has 1 unspecified atom stereocenters. The highest BCUT2D eigenvalue weighted by atomic mass is 16.5. The Bertz CT molecular complexity index is 623. The number of carbonyl (C=O) groups is 1. The third-order valence-corrected chi connectivity index (χ3v) is 4.70. The number of methoxy groups -OCH3 is 1. The normalized spacial score (nSPS) is 18.9. The molecule has 1 aromatic heterocycles. The van der Waals surface area contributed by atoms with Crippen molar-refractivity contribution in [2.24, 2.45) is 7.05 Å². The fraction of sp³-hybridized carbons (Fsp3) is 0.778. The van der Waals surface area contributed by atoms with Gasteiger partial charge in [0, 0.05) is 39.3 Å². The lowest BCUT2D eigenvalue weighted by Crippen LogP contribution is -2.58. The zero-order valence-corrected chi connectivity index (χ0v) is 16.9. The summed E-state index contributed by atoms with van der Waals surface area (Å²) in [6, 6.07) is 0.0147. The fourth-order valence-corrected chi connectivity index (χ4v) is 3.61. The summed E-state index contributed by atoms with van der Waals surface area (Å²) in [6.45, 7) is 10.9. The van der Waals surface area contributed by atoms with E-state index in [1.54, 1.807) is 11.8 Å². The summed E-state index contributed by atoms with van der Waals surface area (Å²) >= 11 is 0. The van der Waals surface area contributed by atoms with Gasteiger partial charge in [-0.25, -0.2) is 9.48 Å². The molecule has 8 heteroatoms. The number of piperazine rings is 1. The lowest BCUT2D eigenvalue weighted by Gasteiger charge is -2.41. The molecule has 1 aliphatic heterocycles. The number of rotatable bonds is 6. The zero-order chi connectivity index (χ0) is 19.5. The summed E-state index contributed by atoms with van der Waals surface area (Å²) in [6.07, 6.45) is 0.786. The second-order valence-corrected chi connectivity index (χ2v) is 7.66. The van der Waals surface area contributed by atoms with Crippen molar-refractivity contribution in [3.63, 3.8) is 0 Å². The standard InChI is InChI=1S/C18H33N5O3/c1-7-15-14(16(26-6)21(5)20-15)10-19-17(24)23-9-8-22(11-13(23)2)12-18(3,4)25/h13,25H,7-12H2,1-6H3,(H,19,24). The lowest BCUT2D eigenvalue weighted by atomic mass is 10.1. The molecule has 0 saturated carbocycles. The van der Waals surface area contributed by atoms with E-state index in [1.165, 1.54) is 0 Å². The molecule has 1 atom stereocenters. The summed E-state index contributed by atoms with van der Waals surface area (Å²) in [5.74, 6) is 0.685. The number of ether oxygens (including phenoxy) is 1. The van der Waals surface area contributed by atoms with E-state index >= 15 is 0 Å². The molecule has 0 bridgehead atoms. The first-order chi connectivity index (χ1) is 12.2. The Kier molecular flexibility index (Phi) is 6.52. The number of β-amino-alcohol motifs (C(OH)–C–C–N with tert-alkyl or cyclic N) is 1. The minimum Gasteiger partial charge on any atom is -0.481 e. The van der Waals surface area contributed by atoms with E-state index in [4.69, 9.17) is 4.74 Å². The molecule has 0 radical (unpaired) electrons. The molecule has 0 aliphatic carbocycles. The van der Waals surface area contributed by atoms with E-state index in [0.717, 1.165) is 30.8 Å². The van der Waals surface area contributed by atoms with Crippen LogP contribution in [0.3, 0.4) is 0 Å². The molecule has 1 aliphatic rings. The zero-order valence-electron chi connectivity index (χ0n) is 16.9. The van der Waals surface area contributed by atoms with Crippen molar-refractivity contribution in [2.75, 3.05) is 33.3 Å². The van der Waals surface area contributed by atoms with Gasteiger partial charge in [0.1, 0.15) is 0 Å². The Hall–Kier alpha value is -1.80. The van der Waals surface area contributed by atoms with Crippen molar-refractivity contribution in [3.05, 3.63) is 11.3 Å². The monoisotopic (exact) mass is 367 g/mol.